The molecule has 0 spiro atoms. The summed E-state index contributed by atoms with van der Waals surface area (Å²) in [5, 5.41) is 22.9. The predicted molar refractivity (Wildman–Crippen MR) is 469 cm³/mol. The van der Waals surface area contributed by atoms with E-state index in [-0.39, 0.29) is 5.28 Å². The Balaban J connectivity index is 0.000000136. The minimum Gasteiger partial charge on any atom is -0.423 e. The maximum Gasteiger partial charge on any atom is 0.488 e. The van der Waals surface area contributed by atoms with Crippen molar-refractivity contribution in [3.05, 3.63) is 418 Å². The van der Waals surface area contributed by atoms with Gasteiger partial charge in [-0.2, -0.15) is 9.97 Å². The molecule has 0 amide bonds. The number of hydrogen-bond acceptors (Lipinski definition) is 8. The highest BCUT2D eigenvalue weighted by Gasteiger charge is 2.20. The lowest BCUT2D eigenvalue weighted by atomic mass is 9.80. The van der Waals surface area contributed by atoms with Crippen molar-refractivity contribution in [1.29, 1.82) is 0 Å². The molecule has 0 saturated heterocycles. The summed E-state index contributed by atoms with van der Waals surface area (Å²) in [5.41, 5.74) is 25.5. The van der Waals surface area contributed by atoms with Gasteiger partial charge in [0.15, 0.2) is 29.1 Å². The fourth-order valence-electron chi connectivity index (χ4n) is 14.9. The number of para-hydroxylation sites is 4. The largest absolute Gasteiger partial charge is 0.488 e. The third-order valence-corrected chi connectivity index (χ3v) is 20.8. The summed E-state index contributed by atoms with van der Waals surface area (Å²) in [6.07, 6.45) is 0. The maximum absolute atomic E-state index is 8.94. The van der Waals surface area contributed by atoms with Crippen molar-refractivity contribution in [3.63, 3.8) is 0 Å². The van der Waals surface area contributed by atoms with Gasteiger partial charge in [0.1, 0.15) is 0 Å². The summed E-state index contributed by atoms with van der Waals surface area (Å²) in [6.45, 7) is 0. The van der Waals surface area contributed by atoms with E-state index >= 15 is 0 Å². The highest BCUT2D eigenvalue weighted by molar-refractivity contribution is 6.58. The summed E-state index contributed by atoms with van der Waals surface area (Å²) in [7, 11) is -1.39. The van der Waals surface area contributed by atoms with E-state index in [0.717, 1.165) is 100 Å². The minimum absolute atomic E-state index is 0.159. The topological polar surface area (TPSA) is 128 Å². The van der Waals surface area contributed by atoms with E-state index in [2.05, 4.69) is 335 Å². The second-order valence-corrected chi connectivity index (χ2v) is 28.1. The molecule has 0 aliphatic heterocycles. The van der Waals surface area contributed by atoms with Crippen molar-refractivity contribution in [2.45, 2.75) is 0 Å². The monoisotopic (exact) mass is 1480 g/mol. The molecule has 0 aliphatic rings. The molecule has 20 rings (SSSR count). The lowest BCUT2D eigenvalue weighted by Crippen LogP contribution is -2.29. The van der Waals surface area contributed by atoms with Crippen LogP contribution in [0.4, 0.5) is 0 Å². The Morgan fingerprint density at radius 2 is 0.412 bits per heavy atom. The van der Waals surface area contributed by atoms with Crippen LogP contribution in [-0.4, -0.2) is 56.2 Å². The van der Waals surface area contributed by atoms with Crippen molar-refractivity contribution >= 4 is 67.8 Å². The van der Waals surface area contributed by atoms with Gasteiger partial charge in [-0.3, -0.25) is 0 Å². The van der Waals surface area contributed by atoms with Crippen molar-refractivity contribution in [1.82, 2.24) is 39.0 Å². The Hall–Kier alpha value is -14.6. The Kier molecular flexibility index (Phi) is 20.0. The van der Waals surface area contributed by atoms with Crippen LogP contribution in [0.1, 0.15) is 0 Å². The number of hydrogen-bond donors (Lipinski definition) is 2. The molecule has 4 aromatic heterocycles. The number of nitrogens with zero attached hydrogens (tertiary/aromatic N) is 8. The Morgan fingerprint density at radius 1 is 0.193 bits per heavy atom. The molecule has 0 radical (unpaired) electrons. The molecule has 4 heterocycles. The Morgan fingerprint density at radius 3 is 0.737 bits per heavy atom. The zero-order valence-corrected chi connectivity index (χ0v) is 62.4. The van der Waals surface area contributed by atoms with Gasteiger partial charge in [0, 0.05) is 60.7 Å². The van der Waals surface area contributed by atoms with Gasteiger partial charge in [-0.1, -0.05) is 352 Å². The van der Waals surface area contributed by atoms with Gasteiger partial charge in [-0.15, -0.1) is 0 Å². The lowest BCUT2D eigenvalue weighted by Gasteiger charge is -2.12. The second kappa shape index (κ2) is 32.2. The molecule has 16 aromatic carbocycles. The van der Waals surface area contributed by atoms with Crippen LogP contribution in [0.5, 0.6) is 0 Å². The van der Waals surface area contributed by atoms with Gasteiger partial charge in [0.25, 0.3) is 0 Å². The van der Waals surface area contributed by atoms with E-state index in [1.807, 2.05) is 84.9 Å². The van der Waals surface area contributed by atoms with Gasteiger partial charge in [-0.25, -0.2) is 19.9 Å². The van der Waals surface area contributed by atoms with E-state index in [1.165, 1.54) is 49.4 Å². The standard InChI is InChI=1S/C51H34N4.C39H25ClN4.C12H11BO2/c1-3-13-35(14-4-1)37-25-29-39(30-26-37)49-52-50(40-31-27-38(28-32-40)42-18-11-17-41(33-42)36-15-5-2-6-16-36)54-51(53-49)43-19-12-20-44(34-43)55-47-23-9-7-21-45(47)46-22-8-10-24-48(46)55;40-39-42-37(28-22-20-27(21-23-28)30-13-8-12-29(24-30)26-10-2-1-3-11-26)41-38(43-39)31-14-9-15-32(25-31)44-35-18-6-4-16-33(35)34-17-5-7-19-36(34)44;14-13(15)12-8-6-11(7-9-12)10-4-2-1-3-5-10/h1-34H;1-25H;1-9,14-15H. The summed E-state index contributed by atoms with van der Waals surface area (Å²) in [5.74, 6) is 2.93. The van der Waals surface area contributed by atoms with E-state index in [9.17, 15) is 0 Å². The van der Waals surface area contributed by atoms with Crippen LogP contribution in [0.3, 0.4) is 0 Å². The third kappa shape index (κ3) is 15.0. The number of rotatable bonds is 14. The van der Waals surface area contributed by atoms with E-state index in [4.69, 9.17) is 41.6 Å². The fraction of sp³-hybridized carbons (Fsp3) is 0. The first-order chi connectivity index (χ1) is 56.2. The molecule has 0 unspecified atom stereocenters. The van der Waals surface area contributed by atoms with Crippen LogP contribution >= 0.6 is 11.6 Å². The highest BCUT2D eigenvalue weighted by atomic mass is 35.5. The maximum atomic E-state index is 8.94. The quantitative estimate of drug-likeness (QED) is 0.103. The molecule has 0 aliphatic carbocycles. The number of halogens is 1. The molecule has 10 nitrogen and oxygen atoms in total. The van der Waals surface area contributed by atoms with E-state index in [0.29, 0.717) is 34.6 Å². The molecule has 20 aromatic rings. The first-order valence-electron chi connectivity index (χ1n) is 37.8. The predicted octanol–water partition coefficient (Wildman–Crippen LogP) is 24.3. The Bertz CT molecular complexity index is 6700. The number of fused-ring (bicyclic) bond motifs is 6. The molecule has 12 heteroatoms. The molecule has 0 fully saturated rings. The molecule has 0 atom stereocenters. The van der Waals surface area contributed by atoms with Crippen LogP contribution in [0.25, 0.3) is 179 Å². The lowest BCUT2D eigenvalue weighted by molar-refractivity contribution is 0.426. The first-order valence-corrected chi connectivity index (χ1v) is 38.2. The summed E-state index contributed by atoms with van der Waals surface area (Å²) in [6, 6.07) is 142. The zero-order valence-electron chi connectivity index (χ0n) is 61.7. The van der Waals surface area contributed by atoms with Crippen molar-refractivity contribution in [3.8, 4) is 135 Å². The third-order valence-electron chi connectivity index (χ3n) is 20.6. The summed E-state index contributed by atoms with van der Waals surface area (Å²) in [4.78, 5) is 29.2. The van der Waals surface area contributed by atoms with Gasteiger partial charge in [-0.05, 0) is 144 Å². The summed E-state index contributed by atoms with van der Waals surface area (Å²) < 4.78 is 4.61. The normalized spacial score (nSPS) is 11.1. The van der Waals surface area contributed by atoms with E-state index < -0.39 is 7.12 Å². The zero-order chi connectivity index (χ0) is 76.7. The smallest absolute Gasteiger partial charge is 0.423 e. The van der Waals surface area contributed by atoms with Crippen molar-refractivity contribution < 1.29 is 10.0 Å². The number of aromatic nitrogens is 8. The molecule has 2 N–H and O–H groups in total. The molecule has 540 valence electrons. The molecular formula is C102H70BClN8O2. The fourth-order valence-corrected chi connectivity index (χ4v) is 15.1. The van der Waals surface area contributed by atoms with E-state index in [1.54, 1.807) is 12.1 Å². The number of benzene rings is 16. The van der Waals surface area contributed by atoms with Crippen molar-refractivity contribution in [2.24, 2.45) is 0 Å². The van der Waals surface area contributed by atoms with Crippen molar-refractivity contribution in [2.75, 3.05) is 0 Å². The Labute approximate surface area is 665 Å². The van der Waals surface area contributed by atoms with Gasteiger partial charge >= 0.3 is 7.12 Å². The van der Waals surface area contributed by atoms with Crippen LogP contribution in [0.15, 0.2) is 413 Å². The SMILES string of the molecule is Clc1nc(-c2ccc(-c3cccc(-c4ccccc4)c3)cc2)nc(-c2cccc(-n3c4ccccc4c4ccccc43)c2)n1.OB(O)c1ccc(-c2ccccc2)cc1.c1ccc(-c2ccc(-c3nc(-c4ccc(-c5cccc(-c6ccccc6)c5)cc4)nc(-c4cccc(-n5c6ccccc6c6ccccc65)c4)n3)cc2)cc1. The highest BCUT2D eigenvalue weighted by Crippen LogP contribution is 2.38. The summed E-state index contributed by atoms with van der Waals surface area (Å²) >= 11 is 6.48. The van der Waals surface area contributed by atoms with Gasteiger partial charge in [0.05, 0.1) is 22.1 Å². The van der Waals surface area contributed by atoms with Crippen LogP contribution in [0, 0.1) is 0 Å². The van der Waals surface area contributed by atoms with Gasteiger partial charge in [0.2, 0.25) is 5.28 Å². The molecule has 0 saturated carbocycles. The van der Waals surface area contributed by atoms with Crippen LogP contribution < -0.4 is 5.46 Å². The van der Waals surface area contributed by atoms with Gasteiger partial charge < -0.3 is 19.2 Å². The molecule has 0 bridgehead atoms. The molecule has 114 heavy (non-hydrogen) atoms. The van der Waals surface area contributed by atoms with Crippen LogP contribution in [0.2, 0.25) is 5.28 Å². The van der Waals surface area contributed by atoms with Crippen LogP contribution in [-0.2, 0) is 0 Å². The first kappa shape index (κ1) is 71.0. The average Bonchev–Trinajstić information content (AvgIpc) is 1.60. The minimum atomic E-state index is -1.39. The average molecular weight is 1490 g/mol. The molecular weight excluding hydrogens is 1420 g/mol. The second-order valence-electron chi connectivity index (χ2n) is 27.8.